The summed E-state index contributed by atoms with van der Waals surface area (Å²) in [6.45, 7) is 2.42. The van der Waals surface area contributed by atoms with Gasteiger partial charge in [-0.2, -0.15) is 0 Å². The molecule has 4 rings (SSSR count). The van der Waals surface area contributed by atoms with Crippen molar-refractivity contribution in [1.29, 1.82) is 0 Å². The molecule has 2 aliphatic heterocycles. The number of benzene rings is 1. The Morgan fingerprint density at radius 2 is 2.29 bits per heavy atom. The first-order valence-electron chi connectivity index (χ1n) is 7.67. The normalized spacial score (nSPS) is 21.5. The summed E-state index contributed by atoms with van der Waals surface area (Å²) in [5, 5.41) is 0. The minimum Gasteiger partial charge on any atom is -0.490 e. The van der Waals surface area contributed by atoms with E-state index in [1.165, 1.54) is 17.3 Å². The second-order valence-electron chi connectivity index (χ2n) is 5.85. The van der Waals surface area contributed by atoms with Gasteiger partial charge in [0.15, 0.2) is 0 Å². The van der Waals surface area contributed by atoms with E-state index >= 15 is 0 Å². The van der Waals surface area contributed by atoms with Crippen molar-refractivity contribution in [3.8, 4) is 5.75 Å². The molecule has 1 fully saturated rings. The first-order chi connectivity index (χ1) is 11.6. The number of carbonyl (C=O) groups is 1. The van der Waals surface area contributed by atoms with Gasteiger partial charge >= 0.3 is 0 Å². The van der Waals surface area contributed by atoms with Crippen LogP contribution in [0.4, 0.5) is 0 Å². The number of hydrogen-bond donors (Lipinski definition) is 0. The topological polar surface area (TPSA) is 42.7 Å². The van der Waals surface area contributed by atoms with Crippen LogP contribution in [-0.4, -0.2) is 21.2 Å². The van der Waals surface area contributed by atoms with Crippen LogP contribution in [0.2, 0.25) is 0 Å². The third kappa shape index (κ3) is 2.87. The SMILES string of the molecule is C[C@@H]1Cc2cc(/C=C3/SC(=S)N(Cc4ccco4)C3=O)ccc2O1. The van der Waals surface area contributed by atoms with E-state index in [0.717, 1.165) is 23.5 Å². The quantitative estimate of drug-likeness (QED) is 0.613. The van der Waals surface area contributed by atoms with Crippen LogP contribution in [-0.2, 0) is 17.8 Å². The van der Waals surface area contributed by atoms with Crippen molar-refractivity contribution in [3.63, 3.8) is 0 Å². The number of thiocarbonyl (C=S) groups is 1. The molecule has 1 atom stereocenters. The van der Waals surface area contributed by atoms with Gasteiger partial charge in [-0.1, -0.05) is 30.0 Å². The van der Waals surface area contributed by atoms with E-state index in [-0.39, 0.29) is 12.0 Å². The highest BCUT2D eigenvalue weighted by Crippen LogP contribution is 2.35. The van der Waals surface area contributed by atoms with Crippen LogP contribution in [0.1, 0.15) is 23.8 Å². The standard InChI is InChI=1S/C18H15NO3S2/c1-11-7-13-8-12(4-5-15(13)22-11)9-16-17(20)19(18(23)24-16)10-14-3-2-6-21-14/h2-6,8-9,11H,7,10H2,1H3/b16-9+/t11-/m1/s1. The molecular weight excluding hydrogens is 342 g/mol. The summed E-state index contributed by atoms with van der Waals surface area (Å²) in [5.41, 5.74) is 2.17. The lowest BCUT2D eigenvalue weighted by Crippen LogP contribution is -2.27. The van der Waals surface area contributed by atoms with Gasteiger partial charge in [-0.25, -0.2) is 0 Å². The molecule has 2 aromatic rings. The fourth-order valence-corrected chi connectivity index (χ4v) is 4.13. The number of furan rings is 1. The average molecular weight is 357 g/mol. The van der Waals surface area contributed by atoms with Gasteiger partial charge in [-0.3, -0.25) is 9.69 Å². The summed E-state index contributed by atoms with van der Waals surface area (Å²) in [6.07, 6.45) is 4.60. The predicted molar refractivity (Wildman–Crippen MR) is 97.7 cm³/mol. The number of carbonyl (C=O) groups excluding carboxylic acids is 1. The predicted octanol–water partition coefficient (Wildman–Crippen LogP) is 4.00. The van der Waals surface area contributed by atoms with Crippen molar-refractivity contribution in [2.24, 2.45) is 0 Å². The molecule has 2 aliphatic rings. The number of ether oxygens (including phenoxy) is 1. The van der Waals surface area contributed by atoms with Crippen molar-refractivity contribution in [1.82, 2.24) is 4.90 Å². The highest BCUT2D eigenvalue weighted by molar-refractivity contribution is 8.26. The fourth-order valence-electron chi connectivity index (χ4n) is 2.88. The van der Waals surface area contributed by atoms with Crippen molar-refractivity contribution >= 4 is 40.3 Å². The minimum absolute atomic E-state index is 0.0773. The van der Waals surface area contributed by atoms with Gasteiger partial charge < -0.3 is 9.15 Å². The lowest BCUT2D eigenvalue weighted by molar-refractivity contribution is -0.122. The van der Waals surface area contributed by atoms with E-state index in [1.54, 1.807) is 17.2 Å². The van der Waals surface area contributed by atoms with Crippen LogP contribution in [0.25, 0.3) is 6.08 Å². The van der Waals surface area contributed by atoms with Crippen molar-refractivity contribution in [3.05, 3.63) is 58.4 Å². The summed E-state index contributed by atoms with van der Waals surface area (Å²) < 4.78 is 11.6. The fraction of sp³-hybridized carbons (Fsp3) is 0.222. The number of fused-ring (bicyclic) bond motifs is 1. The first kappa shape index (κ1) is 15.5. The second-order valence-corrected chi connectivity index (χ2v) is 7.52. The molecule has 1 saturated heterocycles. The Bertz CT molecular complexity index is 842. The Morgan fingerprint density at radius 3 is 3.08 bits per heavy atom. The lowest BCUT2D eigenvalue weighted by Gasteiger charge is -2.11. The molecule has 0 unspecified atom stereocenters. The first-order valence-corrected chi connectivity index (χ1v) is 8.90. The van der Waals surface area contributed by atoms with Gasteiger partial charge in [0.1, 0.15) is 21.9 Å². The van der Waals surface area contributed by atoms with E-state index in [2.05, 4.69) is 13.0 Å². The van der Waals surface area contributed by atoms with Gasteiger partial charge in [0.05, 0.1) is 17.7 Å². The highest BCUT2D eigenvalue weighted by atomic mass is 32.2. The molecule has 4 nitrogen and oxygen atoms in total. The Kier molecular flexibility index (Phi) is 3.94. The molecule has 0 spiro atoms. The number of hydrogen-bond acceptors (Lipinski definition) is 5. The summed E-state index contributed by atoms with van der Waals surface area (Å²) in [4.78, 5) is 14.8. The van der Waals surface area contributed by atoms with Crippen LogP contribution >= 0.6 is 24.0 Å². The molecule has 0 saturated carbocycles. The maximum absolute atomic E-state index is 12.6. The third-order valence-electron chi connectivity index (χ3n) is 3.99. The summed E-state index contributed by atoms with van der Waals surface area (Å²) in [5.74, 6) is 1.58. The molecule has 0 aliphatic carbocycles. The van der Waals surface area contributed by atoms with Crippen LogP contribution in [0.5, 0.6) is 5.75 Å². The van der Waals surface area contributed by atoms with Crippen LogP contribution in [0.15, 0.2) is 45.9 Å². The smallest absolute Gasteiger partial charge is 0.266 e. The zero-order valence-electron chi connectivity index (χ0n) is 13.0. The van der Waals surface area contributed by atoms with Gasteiger partial charge in [-0.15, -0.1) is 0 Å². The van der Waals surface area contributed by atoms with E-state index in [0.29, 0.717) is 15.8 Å². The molecule has 24 heavy (non-hydrogen) atoms. The van der Waals surface area contributed by atoms with Gasteiger partial charge in [-0.05, 0) is 48.4 Å². The minimum atomic E-state index is -0.0773. The van der Waals surface area contributed by atoms with E-state index in [1.807, 2.05) is 24.3 Å². The molecule has 1 aromatic heterocycles. The average Bonchev–Trinajstić information content (AvgIpc) is 3.23. The second kappa shape index (κ2) is 6.11. The van der Waals surface area contributed by atoms with Crippen LogP contribution in [0, 0.1) is 0 Å². The summed E-state index contributed by atoms with van der Waals surface area (Å²) >= 11 is 6.67. The summed E-state index contributed by atoms with van der Waals surface area (Å²) in [6, 6.07) is 9.66. The molecular formula is C18H15NO3S2. The van der Waals surface area contributed by atoms with Crippen molar-refractivity contribution < 1.29 is 13.9 Å². The third-order valence-corrected chi connectivity index (χ3v) is 5.36. The Labute approximate surface area is 149 Å². The van der Waals surface area contributed by atoms with Crippen molar-refractivity contribution in [2.75, 3.05) is 0 Å². The summed E-state index contributed by atoms with van der Waals surface area (Å²) in [7, 11) is 0. The van der Waals surface area contributed by atoms with Gasteiger partial charge in [0, 0.05) is 6.42 Å². The Hall–Kier alpha value is -2.05. The molecule has 3 heterocycles. The Morgan fingerprint density at radius 1 is 1.42 bits per heavy atom. The number of nitrogens with zero attached hydrogens (tertiary/aromatic N) is 1. The molecule has 0 bridgehead atoms. The molecule has 1 amide bonds. The zero-order chi connectivity index (χ0) is 16.7. The van der Waals surface area contributed by atoms with Crippen molar-refractivity contribution in [2.45, 2.75) is 26.0 Å². The maximum Gasteiger partial charge on any atom is 0.266 e. The van der Waals surface area contributed by atoms with Crippen LogP contribution < -0.4 is 4.74 Å². The monoisotopic (exact) mass is 357 g/mol. The largest absolute Gasteiger partial charge is 0.490 e. The molecule has 1 aromatic carbocycles. The molecule has 122 valence electrons. The van der Waals surface area contributed by atoms with Gasteiger partial charge in [0.2, 0.25) is 0 Å². The van der Waals surface area contributed by atoms with Gasteiger partial charge in [0.25, 0.3) is 5.91 Å². The number of thioether (sulfide) groups is 1. The highest BCUT2D eigenvalue weighted by Gasteiger charge is 2.32. The van der Waals surface area contributed by atoms with E-state index in [9.17, 15) is 4.79 Å². The Balaban J connectivity index is 1.56. The lowest BCUT2D eigenvalue weighted by atomic mass is 10.1. The molecule has 6 heteroatoms. The van der Waals surface area contributed by atoms with Crippen LogP contribution in [0.3, 0.4) is 0 Å². The maximum atomic E-state index is 12.6. The molecule has 0 N–H and O–H groups in total. The number of rotatable bonds is 3. The molecule has 0 radical (unpaired) electrons. The van der Waals surface area contributed by atoms with E-state index < -0.39 is 0 Å². The zero-order valence-corrected chi connectivity index (χ0v) is 14.7. The number of amides is 1. The van der Waals surface area contributed by atoms with E-state index in [4.69, 9.17) is 21.4 Å².